The third-order valence-electron chi connectivity index (χ3n) is 2.59. The van der Waals surface area contributed by atoms with Crippen LogP contribution in [0.2, 0.25) is 0 Å². The van der Waals surface area contributed by atoms with Crippen LogP contribution in [0.4, 0.5) is 5.69 Å². The molecule has 0 radical (unpaired) electrons. The lowest BCUT2D eigenvalue weighted by molar-refractivity contribution is -0.385. The molecule has 0 aliphatic heterocycles. The molecule has 0 spiro atoms. The Balaban J connectivity index is 2.43. The van der Waals surface area contributed by atoms with Gasteiger partial charge in [-0.25, -0.2) is 5.48 Å². The summed E-state index contributed by atoms with van der Waals surface area (Å²) >= 11 is 0. The van der Waals surface area contributed by atoms with Gasteiger partial charge in [-0.05, 0) is 24.3 Å². The van der Waals surface area contributed by atoms with E-state index in [1.807, 2.05) is 0 Å². The average molecular weight is 278 g/mol. The summed E-state index contributed by atoms with van der Waals surface area (Å²) in [5.41, 5.74) is 1.63. The van der Waals surface area contributed by atoms with Crippen molar-refractivity contribution in [3.05, 3.63) is 46.2 Å². The zero-order valence-electron chi connectivity index (χ0n) is 10.3. The maximum atomic E-state index is 11.2. The van der Waals surface area contributed by atoms with Crippen molar-refractivity contribution in [2.24, 2.45) is 0 Å². The van der Waals surface area contributed by atoms with Crippen molar-refractivity contribution in [1.82, 2.24) is 5.48 Å². The Hall–Kier alpha value is -2.87. The summed E-state index contributed by atoms with van der Waals surface area (Å²) in [5.74, 6) is -0.534. The summed E-state index contributed by atoms with van der Waals surface area (Å²) in [6.45, 7) is 0. The van der Waals surface area contributed by atoms with Gasteiger partial charge in [-0.2, -0.15) is 0 Å². The van der Waals surface area contributed by atoms with Crippen LogP contribution in [0, 0.1) is 10.1 Å². The standard InChI is InChI=1S/C12H10N2O6/c1-19-10-3-2-7(6-8(10)14(17)18)9-4-5-11(20-9)12(15)13-16/h2-6,16H,1H3,(H,13,15). The summed E-state index contributed by atoms with van der Waals surface area (Å²) < 4.78 is 10.1. The van der Waals surface area contributed by atoms with Gasteiger partial charge in [0.15, 0.2) is 11.5 Å². The first-order chi connectivity index (χ1) is 9.56. The van der Waals surface area contributed by atoms with E-state index in [1.165, 1.54) is 36.9 Å². The molecule has 0 saturated carbocycles. The number of ether oxygens (including phenoxy) is 1. The molecule has 0 fully saturated rings. The predicted molar refractivity (Wildman–Crippen MR) is 66.6 cm³/mol. The van der Waals surface area contributed by atoms with E-state index in [4.69, 9.17) is 14.4 Å². The predicted octanol–water partition coefficient (Wildman–Crippen LogP) is 1.98. The third-order valence-corrected chi connectivity index (χ3v) is 2.59. The van der Waals surface area contributed by atoms with E-state index in [0.717, 1.165) is 0 Å². The maximum Gasteiger partial charge on any atom is 0.311 e. The van der Waals surface area contributed by atoms with Gasteiger partial charge in [0.1, 0.15) is 5.76 Å². The Kier molecular flexibility index (Phi) is 3.67. The molecule has 1 amide bonds. The zero-order chi connectivity index (χ0) is 14.7. The van der Waals surface area contributed by atoms with E-state index >= 15 is 0 Å². The van der Waals surface area contributed by atoms with Gasteiger partial charge in [-0.1, -0.05) is 0 Å². The highest BCUT2D eigenvalue weighted by molar-refractivity contribution is 5.91. The lowest BCUT2D eigenvalue weighted by Gasteiger charge is -2.03. The van der Waals surface area contributed by atoms with Crippen LogP contribution in [0.25, 0.3) is 11.3 Å². The first-order valence-electron chi connectivity index (χ1n) is 5.44. The number of carbonyl (C=O) groups excluding carboxylic acids is 1. The van der Waals surface area contributed by atoms with Gasteiger partial charge in [-0.3, -0.25) is 20.1 Å². The molecule has 1 heterocycles. The van der Waals surface area contributed by atoms with Crippen molar-refractivity contribution >= 4 is 11.6 Å². The number of hydroxylamine groups is 1. The van der Waals surface area contributed by atoms with Gasteiger partial charge < -0.3 is 9.15 Å². The van der Waals surface area contributed by atoms with Crippen molar-refractivity contribution in [3.8, 4) is 17.1 Å². The minimum absolute atomic E-state index is 0.110. The number of hydrogen-bond donors (Lipinski definition) is 2. The summed E-state index contributed by atoms with van der Waals surface area (Å²) in [5, 5.41) is 19.4. The molecule has 2 N–H and O–H groups in total. The van der Waals surface area contributed by atoms with Crippen LogP contribution >= 0.6 is 0 Å². The largest absolute Gasteiger partial charge is 0.490 e. The summed E-state index contributed by atoms with van der Waals surface area (Å²) in [6, 6.07) is 7.08. The van der Waals surface area contributed by atoms with Gasteiger partial charge in [0.25, 0.3) is 0 Å². The number of carbonyl (C=O) groups is 1. The minimum atomic E-state index is -0.806. The molecular weight excluding hydrogens is 268 g/mol. The zero-order valence-corrected chi connectivity index (χ0v) is 10.3. The molecule has 1 aromatic heterocycles. The molecule has 8 nitrogen and oxygen atoms in total. The van der Waals surface area contributed by atoms with Gasteiger partial charge in [-0.15, -0.1) is 0 Å². The van der Waals surface area contributed by atoms with Gasteiger partial charge in [0.2, 0.25) is 0 Å². The van der Waals surface area contributed by atoms with Gasteiger partial charge in [0.05, 0.1) is 12.0 Å². The van der Waals surface area contributed by atoms with E-state index in [0.29, 0.717) is 5.56 Å². The van der Waals surface area contributed by atoms with Crippen molar-refractivity contribution in [1.29, 1.82) is 0 Å². The van der Waals surface area contributed by atoms with Crippen molar-refractivity contribution in [2.45, 2.75) is 0 Å². The normalized spacial score (nSPS) is 10.1. The summed E-state index contributed by atoms with van der Waals surface area (Å²) in [7, 11) is 1.33. The topological polar surface area (TPSA) is 115 Å². The number of hydrogen-bond acceptors (Lipinski definition) is 6. The first-order valence-corrected chi connectivity index (χ1v) is 5.44. The first kappa shape index (κ1) is 13.6. The Morgan fingerprint density at radius 3 is 2.75 bits per heavy atom. The lowest BCUT2D eigenvalue weighted by atomic mass is 10.1. The SMILES string of the molecule is COc1ccc(-c2ccc(C(=O)NO)o2)cc1[N+](=O)[O-]. The Labute approximate surface area is 112 Å². The quantitative estimate of drug-likeness (QED) is 0.502. The monoisotopic (exact) mass is 278 g/mol. The molecule has 0 aliphatic carbocycles. The number of nitrogens with zero attached hydrogens (tertiary/aromatic N) is 1. The Morgan fingerprint density at radius 2 is 2.15 bits per heavy atom. The molecule has 104 valence electrons. The van der Waals surface area contributed by atoms with Crippen molar-refractivity contribution in [2.75, 3.05) is 7.11 Å². The minimum Gasteiger partial charge on any atom is -0.490 e. The van der Waals surface area contributed by atoms with E-state index in [2.05, 4.69) is 0 Å². The molecule has 0 bridgehead atoms. The Bertz CT molecular complexity index is 664. The fourth-order valence-corrected chi connectivity index (χ4v) is 1.66. The number of nitro groups is 1. The molecule has 0 aliphatic rings. The molecule has 2 aromatic rings. The second kappa shape index (κ2) is 5.41. The average Bonchev–Trinajstić information content (AvgIpc) is 2.95. The highest BCUT2D eigenvalue weighted by atomic mass is 16.6. The van der Waals surface area contributed by atoms with E-state index < -0.39 is 10.8 Å². The number of benzene rings is 1. The van der Waals surface area contributed by atoms with Crippen LogP contribution < -0.4 is 10.2 Å². The number of rotatable bonds is 4. The molecule has 20 heavy (non-hydrogen) atoms. The van der Waals surface area contributed by atoms with Gasteiger partial charge >= 0.3 is 11.6 Å². The van der Waals surface area contributed by atoms with Crippen LogP contribution in [0.1, 0.15) is 10.6 Å². The smallest absolute Gasteiger partial charge is 0.311 e. The number of furan rings is 1. The molecule has 8 heteroatoms. The third kappa shape index (κ3) is 2.45. The maximum absolute atomic E-state index is 11.2. The Morgan fingerprint density at radius 1 is 1.40 bits per heavy atom. The lowest BCUT2D eigenvalue weighted by Crippen LogP contribution is -2.17. The number of nitro benzene ring substituents is 1. The number of amides is 1. The highest BCUT2D eigenvalue weighted by Gasteiger charge is 2.18. The van der Waals surface area contributed by atoms with E-state index in [9.17, 15) is 14.9 Å². The summed E-state index contributed by atoms with van der Waals surface area (Å²) in [6.07, 6.45) is 0. The van der Waals surface area contributed by atoms with E-state index in [-0.39, 0.29) is 23.0 Å². The fourth-order valence-electron chi connectivity index (χ4n) is 1.66. The number of nitrogens with one attached hydrogen (secondary N) is 1. The molecule has 0 saturated heterocycles. The number of methoxy groups -OCH3 is 1. The van der Waals surface area contributed by atoms with Crippen LogP contribution in [-0.2, 0) is 0 Å². The van der Waals surface area contributed by atoms with Crippen LogP contribution in [0.3, 0.4) is 0 Å². The van der Waals surface area contributed by atoms with Gasteiger partial charge in [0, 0.05) is 11.6 Å². The van der Waals surface area contributed by atoms with Crippen molar-refractivity contribution < 1.29 is 24.1 Å². The molecule has 2 rings (SSSR count). The molecule has 0 unspecified atom stereocenters. The van der Waals surface area contributed by atoms with Crippen LogP contribution in [0.5, 0.6) is 5.75 Å². The van der Waals surface area contributed by atoms with E-state index in [1.54, 1.807) is 6.07 Å². The van der Waals surface area contributed by atoms with Crippen LogP contribution in [-0.4, -0.2) is 23.1 Å². The molecule has 0 atom stereocenters. The molecule has 1 aromatic carbocycles. The highest BCUT2D eigenvalue weighted by Crippen LogP contribution is 2.32. The van der Waals surface area contributed by atoms with Crippen LogP contribution in [0.15, 0.2) is 34.7 Å². The second-order valence-corrected chi connectivity index (χ2v) is 3.75. The second-order valence-electron chi connectivity index (χ2n) is 3.75. The summed E-state index contributed by atoms with van der Waals surface area (Å²) in [4.78, 5) is 21.5. The molecular formula is C12H10N2O6. The van der Waals surface area contributed by atoms with Crippen molar-refractivity contribution in [3.63, 3.8) is 0 Å². The fraction of sp³-hybridized carbons (Fsp3) is 0.0833.